The van der Waals surface area contributed by atoms with Crippen LogP contribution in [-0.4, -0.2) is 26.8 Å². The van der Waals surface area contributed by atoms with Crippen LogP contribution in [0, 0.1) is 6.92 Å². The lowest BCUT2D eigenvalue weighted by Gasteiger charge is -2.02. The van der Waals surface area contributed by atoms with E-state index in [0.29, 0.717) is 23.8 Å². The summed E-state index contributed by atoms with van der Waals surface area (Å²) < 4.78 is 4.95. The molecule has 0 atom stereocenters. The minimum Gasteiger partial charge on any atom is -0.360 e. The van der Waals surface area contributed by atoms with Crippen LogP contribution in [0.4, 0.5) is 5.82 Å². The van der Waals surface area contributed by atoms with Crippen molar-refractivity contribution in [3.63, 3.8) is 0 Å². The van der Waals surface area contributed by atoms with Gasteiger partial charge in [0.2, 0.25) is 5.91 Å². The van der Waals surface area contributed by atoms with E-state index in [1.807, 2.05) is 48.5 Å². The van der Waals surface area contributed by atoms with Gasteiger partial charge in [0.25, 0.3) is 0 Å². The molecule has 2 N–H and O–H groups in total. The maximum absolute atomic E-state index is 12.1. The molecule has 6 nitrogen and oxygen atoms in total. The molecule has 0 saturated heterocycles. The van der Waals surface area contributed by atoms with Crippen molar-refractivity contribution in [2.45, 2.75) is 18.5 Å². The Hall–Kier alpha value is -3.32. The second kappa shape index (κ2) is 8.79. The van der Waals surface area contributed by atoms with E-state index in [4.69, 9.17) is 9.51 Å². The van der Waals surface area contributed by atoms with E-state index in [2.05, 4.69) is 27.6 Å². The molecule has 1 amide bonds. The maximum Gasteiger partial charge on any atom is 0.226 e. The number of aryl methyl sites for hydroxylation is 1. The third kappa shape index (κ3) is 4.75. The first-order valence-corrected chi connectivity index (χ1v) is 10.2. The summed E-state index contributed by atoms with van der Waals surface area (Å²) >= 11 is 1.52. The Morgan fingerprint density at radius 3 is 2.41 bits per heavy atom. The van der Waals surface area contributed by atoms with Gasteiger partial charge in [0.1, 0.15) is 5.76 Å². The third-order valence-corrected chi connectivity index (χ3v) is 5.13. The van der Waals surface area contributed by atoms with Gasteiger partial charge in [0, 0.05) is 29.4 Å². The van der Waals surface area contributed by atoms with E-state index in [1.54, 1.807) is 13.0 Å². The molecule has 2 heterocycles. The van der Waals surface area contributed by atoms with E-state index in [1.165, 1.54) is 11.8 Å². The predicted molar refractivity (Wildman–Crippen MR) is 115 cm³/mol. The van der Waals surface area contributed by atoms with Crippen molar-refractivity contribution >= 4 is 23.5 Å². The van der Waals surface area contributed by atoms with Gasteiger partial charge >= 0.3 is 0 Å². The largest absolute Gasteiger partial charge is 0.360 e. The fourth-order valence-corrected chi connectivity index (χ4v) is 3.72. The van der Waals surface area contributed by atoms with Crippen molar-refractivity contribution < 1.29 is 9.32 Å². The molecular weight excluding hydrogens is 384 g/mol. The number of H-pyrrole nitrogens is 1. The highest BCUT2D eigenvalue weighted by molar-refractivity contribution is 7.99. The van der Waals surface area contributed by atoms with Crippen LogP contribution in [-0.2, 0) is 4.79 Å². The smallest absolute Gasteiger partial charge is 0.226 e. The number of hydrogen-bond acceptors (Lipinski definition) is 5. The molecule has 0 saturated carbocycles. The average Bonchev–Trinajstić information content (AvgIpc) is 3.35. The quantitative estimate of drug-likeness (QED) is 0.416. The minimum absolute atomic E-state index is 0.107. The van der Waals surface area contributed by atoms with Crippen molar-refractivity contribution in [3.8, 4) is 22.5 Å². The average molecular weight is 404 g/mol. The number of carbonyl (C=O) groups excluding carboxylic acids is 1. The molecule has 0 bridgehead atoms. The second-order valence-electron chi connectivity index (χ2n) is 6.47. The number of aromatic nitrogens is 3. The number of nitrogens with one attached hydrogen (secondary N) is 2. The Balaban J connectivity index is 1.46. The van der Waals surface area contributed by atoms with Crippen LogP contribution in [0.1, 0.15) is 12.2 Å². The van der Waals surface area contributed by atoms with Gasteiger partial charge < -0.3 is 14.8 Å². The number of amides is 1. The Labute approximate surface area is 172 Å². The molecule has 2 aromatic heterocycles. The zero-order chi connectivity index (χ0) is 20.1. The molecule has 0 aliphatic carbocycles. The summed E-state index contributed by atoms with van der Waals surface area (Å²) in [5.74, 6) is 1.59. The molecule has 4 rings (SSSR count). The van der Waals surface area contributed by atoms with Crippen molar-refractivity contribution in [2.75, 3.05) is 11.1 Å². The number of hydrogen-bond donors (Lipinski definition) is 2. The van der Waals surface area contributed by atoms with Crippen LogP contribution in [0.3, 0.4) is 0 Å². The lowest BCUT2D eigenvalue weighted by atomic mass is 10.1. The van der Waals surface area contributed by atoms with Crippen molar-refractivity contribution in [2.24, 2.45) is 0 Å². The molecule has 146 valence electrons. The molecule has 7 heteroatoms. The highest BCUT2D eigenvalue weighted by Crippen LogP contribution is 2.32. The van der Waals surface area contributed by atoms with Gasteiger partial charge in [-0.1, -0.05) is 77.6 Å². The Bertz CT molecular complexity index is 1030. The molecule has 4 aromatic rings. The topological polar surface area (TPSA) is 83.8 Å². The summed E-state index contributed by atoms with van der Waals surface area (Å²) in [4.78, 5) is 20.3. The lowest BCUT2D eigenvalue weighted by Crippen LogP contribution is -2.12. The number of rotatable bonds is 7. The maximum atomic E-state index is 12.1. The summed E-state index contributed by atoms with van der Waals surface area (Å²) in [6, 6.07) is 21.9. The molecule has 0 radical (unpaired) electrons. The number of imidazole rings is 1. The van der Waals surface area contributed by atoms with Crippen molar-refractivity contribution in [1.82, 2.24) is 15.1 Å². The van der Waals surface area contributed by atoms with Gasteiger partial charge in [-0.15, -0.1) is 0 Å². The number of aromatic amines is 1. The molecule has 0 aliphatic heterocycles. The number of carbonyl (C=O) groups is 1. The van der Waals surface area contributed by atoms with E-state index in [0.717, 1.165) is 27.7 Å². The normalized spacial score (nSPS) is 10.8. The van der Waals surface area contributed by atoms with Gasteiger partial charge in [0.15, 0.2) is 11.0 Å². The number of anilines is 1. The molecule has 0 spiro atoms. The van der Waals surface area contributed by atoms with Crippen molar-refractivity contribution in [3.05, 3.63) is 72.5 Å². The van der Waals surface area contributed by atoms with Crippen LogP contribution >= 0.6 is 11.8 Å². The second-order valence-corrected chi connectivity index (χ2v) is 7.55. The molecule has 0 unspecified atom stereocenters. The van der Waals surface area contributed by atoms with Crippen LogP contribution in [0.15, 0.2) is 76.4 Å². The molecule has 2 aromatic carbocycles. The van der Waals surface area contributed by atoms with E-state index in [-0.39, 0.29) is 5.91 Å². The third-order valence-electron chi connectivity index (χ3n) is 4.26. The Kier molecular flexibility index (Phi) is 5.76. The summed E-state index contributed by atoms with van der Waals surface area (Å²) in [7, 11) is 0. The molecule has 0 aliphatic rings. The van der Waals surface area contributed by atoms with Gasteiger partial charge in [-0.2, -0.15) is 0 Å². The zero-order valence-corrected chi connectivity index (χ0v) is 16.7. The highest BCUT2D eigenvalue weighted by Gasteiger charge is 2.15. The summed E-state index contributed by atoms with van der Waals surface area (Å²) in [5, 5.41) is 7.29. The summed E-state index contributed by atoms with van der Waals surface area (Å²) in [6.07, 6.45) is 0.346. The first-order valence-electron chi connectivity index (χ1n) is 9.26. The predicted octanol–water partition coefficient (Wildman–Crippen LogP) is 5.16. The zero-order valence-electron chi connectivity index (χ0n) is 15.9. The molecule has 29 heavy (non-hydrogen) atoms. The van der Waals surface area contributed by atoms with Gasteiger partial charge in [-0.3, -0.25) is 4.79 Å². The lowest BCUT2D eigenvalue weighted by molar-refractivity contribution is -0.115. The molecule has 0 fully saturated rings. The standard InChI is InChI=1S/C22H20N4O2S/c1-15-14-18(26-28-15)23-19(27)12-13-29-22-24-20(16-8-4-2-5-9-16)21(25-22)17-10-6-3-7-11-17/h2-11,14H,12-13H2,1H3,(H,24,25)(H,23,26,27). The minimum atomic E-state index is -0.107. The van der Waals surface area contributed by atoms with E-state index < -0.39 is 0 Å². The number of nitrogens with zero attached hydrogens (tertiary/aromatic N) is 2. The summed E-state index contributed by atoms with van der Waals surface area (Å²) in [6.45, 7) is 1.78. The SMILES string of the molecule is Cc1cc(NC(=O)CCSc2nc(-c3ccccc3)c(-c3ccccc3)[nH]2)no1. The summed E-state index contributed by atoms with van der Waals surface area (Å²) in [5.41, 5.74) is 4.00. The number of benzene rings is 2. The fourth-order valence-electron chi connectivity index (χ4n) is 2.91. The van der Waals surface area contributed by atoms with Crippen LogP contribution in [0.25, 0.3) is 22.5 Å². The van der Waals surface area contributed by atoms with Gasteiger partial charge in [-0.05, 0) is 6.92 Å². The Morgan fingerprint density at radius 1 is 1.07 bits per heavy atom. The van der Waals surface area contributed by atoms with Crippen LogP contribution in [0.5, 0.6) is 0 Å². The van der Waals surface area contributed by atoms with E-state index in [9.17, 15) is 4.79 Å². The van der Waals surface area contributed by atoms with Crippen LogP contribution in [0.2, 0.25) is 0 Å². The van der Waals surface area contributed by atoms with Crippen LogP contribution < -0.4 is 5.32 Å². The van der Waals surface area contributed by atoms with Gasteiger partial charge in [0.05, 0.1) is 11.4 Å². The van der Waals surface area contributed by atoms with Crippen molar-refractivity contribution in [1.29, 1.82) is 0 Å². The first kappa shape index (κ1) is 19.0. The Morgan fingerprint density at radius 2 is 1.76 bits per heavy atom. The van der Waals surface area contributed by atoms with Gasteiger partial charge in [-0.25, -0.2) is 4.98 Å². The first-order chi connectivity index (χ1) is 14.2. The monoisotopic (exact) mass is 404 g/mol. The van der Waals surface area contributed by atoms with E-state index >= 15 is 0 Å². The number of thioether (sulfide) groups is 1. The fraction of sp³-hybridized carbons (Fsp3) is 0.136. The highest BCUT2D eigenvalue weighted by atomic mass is 32.2. The molecular formula is C22H20N4O2S.